The standard InChI is InChI=1S/C13H18N2O3/c1-3-4-11(13(17)18)15-12(16)9-7-8(2)5-6-10(9)14/h5-7,11H,3-4,14H2,1-2H3,(H,15,16)(H,17,18)/t11-/m1/s1. The van der Waals surface area contributed by atoms with E-state index in [1.54, 1.807) is 18.2 Å². The summed E-state index contributed by atoms with van der Waals surface area (Å²) in [6.45, 7) is 3.71. The van der Waals surface area contributed by atoms with Crippen LogP contribution in [0.4, 0.5) is 5.69 Å². The summed E-state index contributed by atoms with van der Waals surface area (Å²) >= 11 is 0. The molecule has 0 heterocycles. The number of rotatable bonds is 5. The van der Waals surface area contributed by atoms with Gasteiger partial charge in [0, 0.05) is 5.69 Å². The number of carbonyl (C=O) groups excluding carboxylic acids is 1. The van der Waals surface area contributed by atoms with Crippen LogP contribution in [0.1, 0.15) is 35.7 Å². The third-order valence-corrected chi connectivity index (χ3v) is 2.63. The van der Waals surface area contributed by atoms with Gasteiger partial charge in [0.1, 0.15) is 6.04 Å². The molecule has 1 rings (SSSR count). The molecule has 0 saturated carbocycles. The number of nitrogens with one attached hydrogen (secondary N) is 1. The van der Waals surface area contributed by atoms with E-state index in [1.807, 2.05) is 13.8 Å². The van der Waals surface area contributed by atoms with Crippen molar-refractivity contribution < 1.29 is 14.7 Å². The summed E-state index contributed by atoms with van der Waals surface area (Å²) in [6.07, 6.45) is 1.08. The first-order valence-corrected chi connectivity index (χ1v) is 5.85. The number of aliphatic carboxylic acids is 1. The lowest BCUT2D eigenvalue weighted by Gasteiger charge is -2.14. The fraction of sp³-hybridized carbons (Fsp3) is 0.385. The summed E-state index contributed by atoms with van der Waals surface area (Å²) in [5, 5.41) is 11.5. The molecule has 0 bridgehead atoms. The van der Waals surface area contributed by atoms with Gasteiger partial charge in [-0.25, -0.2) is 4.79 Å². The van der Waals surface area contributed by atoms with E-state index in [0.717, 1.165) is 5.56 Å². The van der Waals surface area contributed by atoms with Crippen LogP contribution in [0.25, 0.3) is 0 Å². The van der Waals surface area contributed by atoms with Gasteiger partial charge in [0.2, 0.25) is 0 Å². The zero-order valence-corrected chi connectivity index (χ0v) is 10.6. The minimum absolute atomic E-state index is 0.317. The van der Waals surface area contributed by atoms with Crippen LogP contribution in [0.3, 0.4) is 0 Å². The molecule has 1 aromatic rings. The first-order valence-electron chi connectivity index (χ1n) is 5.85. The Hall–Kier alpha value is -2.04. The number of nitrogen functional groups attached to an aromatic ring is 1. The molecule has 98 valence electrons. The monoisotopic (exact) mass is 250 g/mol. The van der Waals surface area contributed by atoms with Gasteiger partial charge in [-0.05, 0) is 25.5 Å². The predicted molar refractivity (Wildman–Crippen MR) is 69.4 cm³/mol. The second-order valence-electron chi connectivity index (χ2n) is 4.24. The van der Waals surface area contributed by atoms with Gasteiger partial charge in [0.05, 0.1) is 5.56 Å². The fourth-order valence-electron chi connectivity index (χ4n) is 1.65. The van der Waals surface area contributed by atoms with Gasteiger partial charge in [-0.1, -0.05) is 25.0 Å². The van der Waals surface area contributed by atoms with E-state index in [2.05, 4.69) is 5.32 Å². The van der Waals surface area contributed by atoms with E-state index in [0.29, 0.717) is 24.1 Å². The Morgan fingerprint density at radius 1 is 1.44 bits per heavy atom. The maximum atomic E-state index is 12.0. The molecule has 1 aromatic carbocycles. The Labute approximate surface area is 106 Å². The molecule has 0 unspecified atom stereocenters. The van der Waals surface area contributed by atoms with Crippen LogP contribution in [-0.4, -0.2) is 23.0 Å². The molecule has 0 aromatic heterocycles. The van der Waals surface area contributed by atoms with Crippen molar-refractivity contribution in [3.8, 4) is 0 Å². The molecule has 0 saturated heterocycles. The van der Waals surface area contributed by atoms with Gasteiger partial charge in [0.25, 0.3) is 5.91 Å². The van der Waals surface area contributed by atoms with E-state index in [4.69, 9.17) is 10.8 Å². The van der Waals surface area contributed by atoms with Crippen LogP contribution < -0.4 is 11.1 Å². The number of carboxylic acid groups (broad SMARTS) is 1. The molecule has 1 atom stereocenters. The third kappa shape index (κ3) is 3.48. The number of carbonyl (C=O) groups is 2. The number of hydrogen-bond acceptors (Lipinski definition) is 3. The number of hydrogen-bond donors (Lipinski definition) is 3. The maximum Gasteiger partial charge on any atom is 0.326 e. The lowest BCUT2D eigenvalue weighted by Crippen LogP contribution is -2.40. The largest absolute Gasteiger partial charge is 0.480 e. The van der Waals surface area contributed by atoms with E-state index >= 15 is 0 Å². The van der Waals surface area contributed by atoms with E-state index in [1.165, 1.54) is 0 Å². The maximum absolute atomic E-state index is 12.0. The van der Waals surface area contributed by atoms with Crippen molar-refractivity contribution >= 4 is 17.6 Å². The van der Waals surface area contributed by atoms with Crippen molar-refractivity contribution in [3.63, 3.8) is 0 Å². The Balaban J connectivity index is 2.86. The Morgan fingerprint density at radius 2 is 2.11 bits per heavy atom. The first kappa shape index (κ1) is 14.0. The van der Waals surface area contributed by atoms with Gasteiger partial charge in [-0.2, -0.15) is 0 Å². The summed E-state index contributed by atoms with van der Waals surface area (Å²) in [5.74, 6) is -1.48. The highest BCUT2D eigenvalue weighted by atomic mass is 16.4. The third-order valence-electron chi connectivity index (χ3n) is 2.63. The molecule has 5 heteroatoms. The number of aryl methyl sites for hydroxylation is 1. The van der Waals surface area contributed by atoms with Crippen LogP contribution in [0.5, 0.6) is 0 Å². The Bertz CT molecular complexity index is 458. The van der Waals surface area contributed by atoms with Gasteiger partial charge >= 0.3 is 5.97 Å². The highest BCUT2D eigenvalue weighted by molar-refractivity contribution is 6.01. The number of benzene rings is 1. The van der Waals surface area contributed by atoms with Crippen molar-refractivity contribution in [1.29, 1.82) is 0 Å². The lowest BCUT2D eigenvalue weighted by atomic mass is 10.1. The number of amides is 1. The average Bonchev–Trinajstić information content (AvgIpc) is 2.31. The quantitative estimate of drug-likeness (QED) is 0.691. The molecule has 5 nitrogen and oxygen atoms in total. The smallest absolute Gasteiger partial charge is 0.326 e. The molecule has 4 N–H and O–H groups in total. The van der Waals surface area contributed by atoms with Gasteiger partial charge < -0.3 is 16.2 Å². The summed E-state index contributed by atoms with van der Waals surface area (Å²) in [6, 6.07) is 4.21. The van der Waals surface area contributed by atoms with Crippen molar-refractivity contribution in [2.45, 2.75) is 32.7 Å². The molecule has 0 radical (unpaired) electrons. The van der Waals surface area contributed by atoms with Crippen LogP contribution in [0.2, 0.25) is 0 Å². The second-order valence-corrected chi connectivity index (χ2v) is 4.24. The first-order chi connectivity index (χ1) is 8.45. The highest BCUT2D eigenvalue weighted by Gasteiger charge is 2.20. The van der Waals surface area contributed by atoms with Crippen molar-refractivity contribution in [2.75, 3.05) is 5.73 Å². The fourth-order valence-corrected chi connectivity index (χ4v) is 1.65. The summed E-state index contributed by atoms with van der Waals surface area (Å²) < 4.78 is 0. The Morgan fingerprint density at radius 3 is 2.67 bits per heavy atom. The zero-order chi connectivity index (χ0) is 13.7. The molecular weight excluding hydrogens is 232 g/mol. The van der Waals surface area contributed by atoms with Crippen LogP contribution >= 0.6 is 0 Å². The Kier molecular flexibility index (Phi) is 4.71. The van der Waals surface area contributed by atoms with E-state index < -0.39 is 17.9 Å². The van der Waals surface area contributed by atoms with Crippen molar-refractivity contribution in [3.05, 3.63) is 29.3 Å². The molecular formula is C13H18N2O3. The number of nitrogens with two attached hydrogens (primary N) is 1. The highest BCUT2D eigenvalue weighted by Crippen LogP contribution is 2.14. The SMILES string of the molecule is CCC[C@@H](NC(=O)c1cc(C)ccc1N)C(=O)O. The minimum atomic E-state index is -1.03. The summed E-state index contributed by atoms with van der Waals surface area (Å²) in [5.41, 5.74) is 7.27. The molecule has 18 heavy (non-hydrogen) atoms. The van der Waals surface area contributed by atoms with Crippen LogP contribution in [0, 0.1) is 6.92 Å². The van der Waals surface area contributed by atoms with Crippen molar-refractivity contribution in [1.82, 2.24) is 5.32 Å². The molecule has 1 amide bonds. The normalized spacial score (nSPS) is 11.9. The minimum Gasteiger partial charge on any atom is -0.480 e. The lowest BCUT2D eigenvalue weighted by molar-refractivity contribution is -0.139. The zero-order valence-electron chi connectivity index (χ0n) is 10.6. The molecule has 0 fully saturated rings. The topological polar surface area (TPSA) is 92.4 Å². The number of anilines is 1. The van der Waals surface area contributed by atoms with E-state index in [-0.39, 0.29) is 0 Å². The molecule has 0 spiro atoms. The van der Waals surface area contributed by atoms with Gasteiger partial charge in [-0.15, -0.1) is 0 Å². The van der Waals surface area contributed by atoms with Gasteiger partial charge in [-0.3, -0.25) is 4.79 Å². The summed E-state index contributed by atoms with van der Waals surface area (Å²) in [7, 11) is 0. The van der Waals surface area contributed by atoms with Crippen LogP contribution in [-0.2, 0) is 4.79 Å². The molecule has 0 aliphatic carbocycles. The molecule has 0 aliphatic heterocycles. The number of carboxylic acids is 1. The average molecular weight is 250 g/mol. The van der Waals surface area contributed by atoms with Crippen molar-refractivity contribution in [2.24, 2.45) is 0 Å². The van der Waals surface area contributed by atoms with E-state index in [9.17, 15) is 9.59 Å². The van der Waals surface area contributed by atoms with Crippen LogP contribution in [0.15, 0.2) is 18.2 Å². The van der Waals surface area contributed by atoms with Gasteiger partial charge in [0.15, 0.2) is 0 Å². The predicted octanol–water partition coefficient (Wildman–Crippen LogP) is 1.56. The summed E-state index contributed by atoms with van der Waals surface area (Å²) in [4.78, 5) is 22.9. The second kappa shape index (κ2) is 6.05. The molecule has 0 aliphatic rings.